The molecule has 0 fully saturated rings. The van der Waals surface area contributed by atoms with Crippen LogP contribution >= 0.6 is 15.9 Å². The number of benzene rings is 4. The van der Waals surface area contributed by atoms with Crippen molar-refractivity contribution in [2.75, 3.05) is 5.32 Å². The Balaban J connectivity index is 1.56. The first-order chi connectivity index (χ1) is 17.7. The first-order valence-corrected chi connectivity index (χ1v) is 12.5. The molecule has 0 radical (unpaired) electrons. The molecule has 2 atom stereocenters. The Labute approximate surface area is 221 Å². The number of ether oxygens (including phenoxy) is 1. The van der Waals surface area contributed by atoms with Gasteiger partial charge in [-0.05, 0) is 60.0 Å². The number of hydrogen-bond donors (Lipinski definition) is 1. The Bertz CT molecular complexity index is 1590. The van der Waals surface area contributed by atoms with E-state index >= 15 is 0 Å². The molecule has 184 valence electrons. The van der Waals surface area contributed by atoms with Gasteiger partial charge in [-0.2, -0.15) is 0 Å². The lowest BCUT2D eigenvalue weighted by Gasteiger charge is -2.22. The number of cyclic esters (lactones) is 1. The number of halogens is 1. The summed E-state index contributed by atoms with van der Waals surface area (Å²) in [6, 6.07) is 22.8. The highest BCUT2D eigenvalue weighted by Gasteiger charge is 2.46. The average Bonchev–Trinajstić information content (AvgIpc) is 3.21. The third-order valence-corrected chi connectivity index (χ3v) is 7.04. The molecule has 1 amide bonds. The fourth-order valence-electron chi connectivity index (χ4n) is 4.76. The summed E-state index contributed by atoms with van der Waals surface area (Å²) in [6.07, 6.45) is -1.21. The summed E-state index contributed by atoms with van der Waals surface area (Å²) in [7, 11) is 0. The van der Waals surface area contributed by atoms with Crippen LogP contribution in [-0.4, -0.2) is 23.4 Å². The van der Waals surface area contributed by atoms with E-state index in [0.29, 0.717) is 11.3 Å². The van der Waals surface area contributed by atoms with E-state index in [1.165, 1.54) is 0 Å². The molecule has 7 heteroatoms. The van der Waals surface area contributed by atoms with Gasteiger partial charge in [0.1, 0.15) is 12.0 Å². The second-order valence-corrected chi connectivity index (χ2v) is 9.97. The topological polar surface area (TPSA) is 89.5 Å². The van der Waals surface area contributed by atoms with Crippen molar-refractivity contribution in [2.45, 2.75) is 20.0 Å². The van der Waals surface area contributed by atoms with Gasteiger partial charge in [0.25, 0.3) is 5.91 Å². The lowest BCUT2D eigenvalue weighted by Crippen LogP contribution is -2.38. The first-order valence-electron chi connectivity index (χ1n) is 11.7. The third-order valence-electron chi connectivity index (χ3n) is 6.58. The zero-order chi connectivity index (χ0) is 26.3. The van der Waals surface area contributed by atoms with Gasteiger partial charge < -0.3 is 10.1 Å². The molecule has 0 saturated heterocycles. The third kappa shape index (κ3) is 4.58. The summed E-state index contributed by atoms with van der Waals surface area (Å²) in [5.41, 5.74) is 2.93. The van der Waals surface area contributed by atoms with Crippen LogP contribution < -0.4 is 5.32 Å². The maximum absolute atomic E-state index is 13.9. The number of amides is 1. The molecule has 4 aromatic carbocycles. The minimum atomic E-state index is -1.55. The minimum Gasteiger partial charge on any atom is -0.453 e. The highest BCUT2D eigenvalue weighted by molar-refractivity contribution is 9.10. The van der Waals surface area contributed by atoms with E-state index in [2.05, 4.69) is 21.2 Å². The lowest BCUT2D eigenvalue weighted by atomic mass is 9.84. The van der Waals surface area contributed by atoms with E-state index in [0.717, 1.165) is 26.4 Å². The van der Waals surface area contributed by atoms with Crippen LogP contribution in [-0.2, 0) is 14.3 Å². The molecular weight excluding hydrogens is 534 g/mol. The van der Waals surface area contributed by atoms with Gasteiger partial charge in [-0.1, -0.05) is 70.5 Å². The Hall–Kier alpha value is -4.10. The predicted octanol–water partition coefficient (Wildman–Crippen LogP) is 6.14. The van der Waals surface area contributed by atoms with E-state index in [1.807, 2.05) is 50.2 Å². The molecule has 4 aromatic rings. The summed E-state index contributed by atoms with van der Waals surface area (Å²) in [5, 5.41) is 4.42. The van der Waals surface area contributed by atoms with Crippen molar-refractivity contribution in [1.29, 1.82) is 0 Å². The Kier molecular flexibility index (Phi) is 6.48. The molecule has 37 heavy (non-hydrogen) atoms. The normalized spacial score (nSPS) is 15.1. The van der Waals surface area contributed by atoms with Crippen molar-refractivity contribution in [1.82, 2.24) is 0 Å². The predicted molar refractivity (Wildman–Crippen MR) is 144 cm³/mol. The van der Waals surface area contributed by atoms with Crippen LogP contribution in [0, 0.1) is 19.8 Å². The quantitative estimate of drug-likeness (QED) is 0.133. The number of anilines is 1. The number of nitrogens with one attached hydrogen (secondary N) is 1. The van der Waals surface area contributed by atoms with E-state index in [1.54, 1.807) is 42.5 Å². The SMILES string of the molecule is Cc1cc(Br)cc(C)c1NC(=O)C(=O)[C@H](C(=O)c1ccc2ccccc2c1)[C@H]1OC(=O)c2ccccc21. The van der Waals surface area contributed by atoms with E-state index in [4.69, 9.17) is 4.74 Å². The summed E-state index contributed by atoms with van der Waals surface area (Å²) >= 11 is 3.42. The van der Waals surface area contributed by atoms with Gasteiger partial charge in [0, 0.05) is 21.3 Å². The average molecular weight is 556 g/mol. The van der Waals surface area contributed by atoms with Gasteiger partial charge >= 0.3 is 5.97 Å². The molecular formula is C30H22BrNO5. The van der Waals surface area contributed by atoms with E-state index < -0.39 is 35.5 Å². The number of hydrogen-bond acceptors (Lipinski definition) is 5. The van der Waals surface area contributed by atoms with Crippen molar-refractivity contribution in [2.24, 2.45) is 5.92 Å². The first kappa shape index (κ1) is 24.6. The Morgan fingerprint density at radius 1 is 0.865 bits per heavy atom. The Morgan fingerprint density at radius 3 is 2.24 bits per heavy atom. The molecule has 1 aliphatic rings. The number of aryl methyl sites for hydroxylation is 2. The summed E-state index contributed by atoms with van der Waals surface area (Å²) < 4.78 is 6.38. The van der Waals surface area contributed by atoms with Gasteiger partial charge in [0.2, 0.25) is 5.78 Å². The number of fused-ring (bicyclic) bond motifs is 2. The number of carbonyl (C=O) groups excluding carboxylic acids is 4. The van der Waals surface area contributed by atoms with Gasteiger partial charge in [-0.15, -0.1) is 0 Å². The number of ketones is 2. The molecule has 1 heterocycles. The summed E-state index contributed by atoms with van der Waals surface area (Å²) in [5.74, 6) is -4.71. The van der Waals surface area contributed by atoms with Crippen LogP contribution in [0.4, 0.5) is 5.69 Å². The zero-order valence-corrected chi connectivity index (χ0v) is 21.7. The molecule has 0 bridgehead atoms. The van der Waals surface area contributed by atoms with Crippen molar-refractivity contribution >= 4 is 55.8 Å². The van der Waals surface area contributed by atoms with Gasteiger partial charge in [-0.25, -0.2) is 4.79 Å². The number of Topliss-reactive ketones (excluding diaryl/α,β-unsaturated/α-hetero) is 2. The minimum absolute atomic E-state index is 0.251. The maximum atomic E-state index is 13.9. The fourth-order valence-corrected chi connectivity index (χ4v) is 5.45. The van der Waals surface area contributed by atoms with Crippen LogP contribution in [0.5, 0.6) is 0 Å². The molecule has 0 spiro atoms. The largest absolute Gasteiger partial charge is 0.453 e. The number of carbonyl (C=O) groups is 4. The molecule has 0 unspecified atom stereocenters. The van der Waals surface area contributed by atoms with E-state index in [9.17, 15) is 19.2 Å². The maximum Gasteiger partial charge on any atom is 0.339 e. The number of rotatable bonds is 6. The molecule has 0 aliphatic carbocycles. The zero-order valence-electron chi connectivity index (χ0n) is 20.1. The van der Waals surface area contributed by atoms with Crippen LogP contribution in [0.15, 0.2) is 83.3 Å². The number of esters is 1. The molecule has 1 aliphatic heterocycles. The molecule has 5 rings (SSSR count). The van der Waals surface area contributed by atoms with Crippen LogP contribution in [0.25, 0.3) is 10.8 Å². The summed E-state index contributed by atoms with van der Waals surface area (Å²) in [6.45, 7) is 3.62. The lowest BCUT2D eigenvalue weighted by molar-refractivity contribution is -0.138. The fraction of sp³-hybridized carbons (Fsp3) is 0.133. The summed E-state index contributed by atoms with van der Waals surface area (Å²) in [4.78, 5) is 53.4. The molecule has 0 saturated carbocycles. The van der Waals surface area contributed by atoms with Gasteiger partial charge in [0.05, 0.1) is 5.56 Å². The smallest absolute Gasteiger partial charge is 0.339 e. The standard InChI is InChI=1S/C30H22BrNO5/c1-16-13-21(31)14-17(2)25(16)32-29(35)27(34)24(28-22-9-5-6-10-23(22)30(36)37-28)26(33)20-12-11-18-7-3-4-8-19(18)15-20/h3-15,24,28H,1-2H3,(H,32,35)/t24-,28-/m0/s1. The van der Waals surface area contributed by atoms with Crippen molar-refractivity contribution in [3.05, 3.63) is 111 Å². The molecule has 0 aromatic heterocycles. The molecule has 1 N–H and O–H groups in total. The van der Waals surface area contributed by atoms with Crippen molar-refractivity contribution in [3.63, 3.8) is 0 Å². The second kappa shape index (κ2) is 9.75. The Morgan fingerprint density at radius 2 is 1.51 bits per heavy atom. The highest BCUT2D eigenvalue weighted by atomic mass is 79.9. The molecule has 6 nitrogen and oxygen atoms in total. The highest BCUT2D eigenvalue weighted by Crippen LogP contribution is 2.38. The van der Waals surface area contributed by atoms with Crippen molar-refractivity contribution < 1.29 is 23.9 Å². The van der Waals surface area contributed by atoms with Gasteiger partial charge in [0.15, 0.2) is 5.78 Å². The van der Waals surface area contributed by atoms with E-state index in [-0.39, 0.29) is 11.1 Å². The second-order valence-electron chi connectivity index (χ2n) is 9.05. The van der Waals surface area contributed by atoms with Crippen LogP contribution in [0.1, 0.15) is 43.5 Å². The van der Waals surface area contributed by atoms with Crippen molar-refractivity contribution in [3.8, 4) is 0 Å². The van der Waals surface area contributed by atoms with Crippen LogP contribution in [0.2, 0.25) is 0 Å². The monoisotopic (exact) mass is 555 g/mol. The van der Waals surface area contributed by atoms with Gasteiger partial charge in [-0.3, -0.25) is 14.4 Å². The van der Waals surface area contributed by atoms with Crippen LogP contribution in [0.3, 0.4) is 0 Å².